The Kier molecular flexibility index (Phi) is 4.61. The van der Waals surface area contributed by atoms with Crippen molar-refractivity contribution in [2.75, 3.05) is 6.61 Å². The molecule has 0 fully saturated rings. The van der Waals surface area contributed by atoms with Gasteiger partial charge in [0.1, 0.15) is 12.4 Å². The molecule has 1 aromatic rings. The van der Waals surface area contributed by atoms with E-state index in [9.17, 15) is 20.0 Å². The van der Waals surface area contributed by atoms with Crippen molar-refractivity contribution < 1.29 is 24.7 Å². The molecule has 0 bridgehead atoms. The van der Waals surface area contributed by atoms with E-state index in [1.54, 1.807) is 6.92 Å². The van der Waals surface area contributed by atoms with E-state index < -0.39 is 28.2 Å². The van der Waals surface area contributed by atoms with Gasteiger partial charge in [0.15, 0.2) is 5.56 Å². The van der Waals surface area contributed by atoms with Gasteiger partial charge in [0.05, 0.1) is 11.0 Å². The summed E-state index contributed by atoms with van der Waals surface area (Å²) in [7, 11) is 0. The standard InChI is InChI=1S/C11H13NO6/c1-2-7(13)6-18-9-5-3-4-8(12(16)17)10(9)11(14)15/h3-5,7,13H,2,6H2,1H3,(H,14,15). The largest absolute Gasteiger partial charge is 0.490 e. The number of benzene rings is 1. The summed E-state index contributed by atoms with van der Waals surface area (Å²) in [5, 5.41) is 29.0. The van der Waals surface area contributed by atoms with Crippen molar-refractivity contribution in [3.63, 3.8) is 0 Å². The molecule has 0 aromatic heterocycles. The Morgan fingerprint density at radius 1 is 1.56 bits per heavy atom. The molecule has 0 aliphatic heterocycles. The maximum absolute atomic E-state index is 11.0. The molecule has 1 aromatic carbocycles. The lowest BCUT2D eigenvalue weighted by Crippen LogP contribution is -2.17. The zero-order chi connectivity index (χ0) is 13.7. The van der Waals surface area contributed by atoms with E-state index in [0.29, 0.717) is 6.42 Å². The van der Waals surface area contributed by atoms with Gasteiger partial charge < -0.3 is 14.9 Å². The fourth-order valence-corrected chi connectivity index (χ4v) is 1.31. The van der Waals surface area contributed by atoms with Gasteiger partial charge in [0.25, 0.3) is 5.69 Å². The van der Waals surface area contributed by atoms with Gasteiger partial charge in [-0.25, -0.2) is 4.79 Å². The smallest absolute Gasteiger partial charge is 0.346 e. The molecule has 0 spiro atoms. The van der Waals surface area contributed by atoms with Crippen LogP contribution in [0.3, 0.4) is 0 Å². The third-order valence-corrected chi connectivity index (χ3v) is 2.32. The van der Waals surface area contributed by atoms with Crippen LogP contribution in [0.1, 0.15) is 23.7 Å². The number of carbonyl (C=O) groups is 1. The number of hydrogen-bond acceptors (Lipinski definition) is 5. The van der Waals surface area contributed by atoms with Crippen LogP contribution in [-0.4, -0.2) is 33.8 Å². The highest BCUT2D eigenvalue weighted by Crippen LogP contribution is 2.28. The average Bonchev–Trinajstić information content (AvgIpc) is 2.34. The van der Waals surface area contributed by atoms with E-state index in [-0.39, 0.29) is 12.4 Å². The quantitative estimate of drug-likeness (QED) is 0.588. The van der Waals surface area contributed by atoms with Crippen molar-refractivity contribution >= 4 is 11.7 Å². The summed E-state index contributed by atoms with van der Waals surface area (Å²) in [5.74, 6) is -1.56. The number of carboxylic acid groups (broad SMARTS) is 1. The lowest BCUT2D eigenvalue weighted by Gasteiger charge is -2.12. The van der Waals surface area contributed by atoms with Crippen LogP contribution in [0.2, 0.25) is 0 Å². The molecule has 0 radical (unpaired) electrons. The molecule has 18 heavy (non-hydrogen) atoms. The Morgan fingerprint density at radius 3 is 2.72 bits per heavy atom. The van der Waals surface area contributed by atoms with E-state index in [1.165, 1.54) is 12.1 Å². The highest BCUT2D eigenvalue weighted by Gasteiger charge is 2.24. The summed E-state index contributed by atoms with van der Waals surface area (Å²) in [6.45, 7) is 1.62. The number of aliphatic hydroxyl groups is 1. The first-order chi connectivity index (χ1) is 8.47. The van der Waals surface area contributed by atoms with Crippen molar-refractivity contribution in [2.45, 2.75) is 19.4 Å². The molecule has 1 unspecified atom stereocenters. The second-order valence-corrected chi connectivity index (χ2v) is 3.59. The number of aliphatic hydroxyl groups excluding tert-OH is 1. The summed E-state index contributed by atoms with van der Waals surface area (Å²) in [6, 6.07) is 3.74. The van der Waals surface area contributed by atoms with Crippen molar-refractivity contribution in [2.24, 2.45) is 0 Å². The number of nitro benzene ring substituents is 1. The Hall–Kier alpha value is -2.15. The van der Waals surface area contributed by atoms with Crippen LogP contribution in [0.25, 0.3) is 0 Å². The lowest BCUT2D eigenvalue weighted by molar-refractivity contribution is -0.385. The summed E-state index contributed by atoms with van der Waals surface area (Å²) < 4.78 is 5.11. The molecule has 1 rings (SSSR count). The van der Waals surface area contributed by atoms with Crippen LogP contribution in [0.4, 0.5) is 5.69 Å². The summed E-state index contributed by atoms with van der Waals surface area (Å²) in [5.41, 5.74) is -1.04. The third-order valence-electron chi connectivity index (χ3n) is 2.32. The molecule has 7 heteroatoms. The first-order valence-electron chi connectivity index (χ1n) is 5.29. The van der Waals surface area contributed by atoms with E-state index in [4.69, 9.17) is 9.84 Å². The summed E-state index contributed by atoms with van der Waals surface area (Å²) in [6.07, 6.45) is -0.303. The molecule has 0 heterocycles. The zero-order valence-electron chi connectivity index (χ0n) is 9.70. The van der Waals surface area contributed by atoms with Crippen molar-refractivity contribution in [1.29, 1.82) is 0 Å². The number of rotatable bonds is 6. The van der Waals surface area contributed by atoms with Gasteiger partial charge in [0.2, 0.25) is 0 Å². The normalized spacial score (nSPS) is 11.9. The summed E-state index contributed by atoms with van der Waals surface area (Å²) >= 11 is 0. The topological polar surface area (TPSA) is 110 Å². The van der Waals surface area contributed by atoms with Gasteiger partial charge in [-0.3, -0.25) is 10.1 Å². The average molecular weight is 255 g/mol. The van der Waals surface area contributed by atoms with Gasteiger partial charge in [-0.15, -0.1) is 0 Å². The van der Waals surface area contributed by atoms with Gasteiger partial charge >= 0.3 is 5.97 Å². The molecule has 0 saturated carbocycles. The minimum absolute atomic E-state index is 0.113. The monoisotopic (exact) mass is 255 g/mol. The number of hydrogen-bond donors (Lipinski definition) is 2. The fraction of sp³-hybridized carbons (Fsp3) is 0.364. The number of nitro groups is 1. The van der Waals surface area contributed by atoms with Crippen LogP contribution in [-0.2, 0) is 0 Å². The van der Waals surface area contributed by atoms with E-state index in [0.717, 1.165) is 6.07 Å². The SMILES string of the molecule is CCC(O)COc1cccc([N+](=O)[O-])c1C(=O)O. The maximum atomic E-state index is 11.0. The molecule has 7 nitrogen and oxygen atoms in total. The Morgan fingerprint density at radius 2 is 2.22 bits per heavy atom. The second-order valence-electron chi connectivity index (χ2n) is 3.59. The molecule has 0 saturated heterocycles. The van der Waals surface area contributed by atoms with E-state index >= 15 is 0 Å². The number of nitrogens with zero attached hydrogens (tertiary/aromatic N) is 1. The maximum Gasteiger partial charge on any atom is 0.346 e. The minimum atomic E-state index is -1.44. The highest BCUT2D eigenvalue weighted by atomic mass is 16.6. The third kappa shape index (κ3) is 3.17. The predicted octanol–water partition coefficient (Wildman–Crippen LogP) is 1.44. The predicted molar refractivity (Wildman–Crippen MR) is 61.8 cm³/mol. The molecule has 0 aliphatic carbocycles. The van der Waals surface area contributed by atoms with E-state index in [1.807, 2.05) is 0 Å². The first kappa shape index (κ1) is 13.9. The van der Waals surface area contributed by atoms with E-state index in [2.05, 4.69) is 0 Å². The van der Waals surface area contributed by atoms with Gasteiger partial charge in [-0.2, -0.15) is 0 Å². The van der Waals surface area contributed by atoms with Gasteiger partial charge in [0, 0.05) is 6.07 Å². The Bertz CT molecular complexity index is 459. The van der Waals surface area contributed by atoms with Crippen molar-refractivity contribution in [1.82, 2.24) is 0 Å². The highest BCUT2D eigenvalue weighted by molar-refractivity contribution is 5.95. The van der Waals surface area contributed by atoms with Gasteiger partial charge in [-0.1, -0.05) is 13.0 Å². The summed E-state index contributed by atoms with van der Waals surface area (Å²) in [4.78, 5) is 20.9. The van der Waals surface area contributed by atoms with Crippen LogP contribution >= 0.6 is 0 Å². The van der Waals surface area contributed by atoms with Crippen LogP contribution < -0.4 is 4.74 Å². The van der Waals surface area contributed by atoms with Crippen LogP contribution in [0.5, 0.6) is 5.75 Å². The number of aromatic carboxylic acids is 1. The molecule has 0 amide bonds. The first-order valence-corrected chi connectivity index (χ1v) is 5.29. The number of carboxylic acids is 1. The van der Waals surface area contributed by atoms with Crippen LogP contribution in [0, 0.1) is 10.1 Å². The zero-order valence-corrected chi connectivity index (χ0v) is 9.70. The molecule has 2 N–H and O–H groups in total. The van der Waals surface area contributed by atoms with Crippen LogP contribution in [0.15, 0.2) is 18.2 Å². The second kappa shape index (κ2) is 5.97. The Labute approximate surface area is 103 Å². The van der Waals surface area contributed by atoms with Crippen molar-refractivity contribution in [3.8, 4) is 5.75 Å². The van der Waals surface area contributed by atoms with Gasteiger partial charge in [-0.05, 0) is 12.5 Å². The molecule has 1 atom stereocenters. The lowest BCUT2D eigenvalue weighted by atomic mass is 10.1. The minimum Gasteiger partial charge on any atom is -0.490 e. The molecular formula is C11H13NO6. The molecular weight excluding hydrogens is 242 g/mol. The molecule has 98 valence electrons. The fourth-order valence-electron chi connectivity index (χ4n) is 1.31. The van der Waals surface area contributed by atoms with Crippen molar-refractivity contribution in [3.05, 3.63) is 33.9 Å². The molecule has 0 aliphatic rings. The number of ether oxygens (including phenoxy) is 1. The Balaban J connectivity index is 3.07.